The zero-order chi connectivity index (χ0) is 32.9. The number of piperazine rings is 1. The monoisotopic (exact) mass is 650 g/mol. The standard InChI is InChI=1S/C29H30N8O8S/c1-29(2)21(27(44)45)37-25(43)19(26(37)46-29)33-24(42)18(14-3-5-15(39)6-4-14)32-23(41)17-12-30-22-16(20(17)40)11-31-28(34-22)36-9-7-35(13-38)8-10-36/h3-6,11-13,18-19,21,26,39H,7-10H2,1-2H3,(H,32,41)(H,33,42)(H,44,45)(H,30,31,34,40)/t18-,19-,21+,26-/m1/s1. The maximum Gasteiger partial charge on any atom is 0.327 e. The highest BCUT2D eigenvalue weighted by Crippen LogP contribution is 2.50. The number of rotatable bonds is 8. The number of aromatic nitrogens is 3. The van der Waals surface area contributed by atoms with Gasteiger partial charge in [0.15, 0.2) is 0 Å². The maximum absolute atomic E-state index is 13.6. The first kappa shape index (κ1) is 30.8. The van der Waals surface area contributed by atoms with Crippen molar-refractivity contribution >= 4 is 58.8 Å². The topological polar surface area (TPSA) is 218 Å². The number of anilines is 1. The number of phenols is 1. The summed E-state index contributed by atoms with van der Waals surface area (Å²) in [6.07, 6.45) is 3.27. The lowest BCUT2D eigenvalue weighted by Gasteiger charge is -2.44. The van der Waals surface area contributed by atoms with Crippen molar-refractivity contribution < 1.29 is 34.2 Å². The van der Waals surface area contributed by atoms with Crippen LogP contribution in [0.2, 0.25) is 0 Å². The van der Waals surface area contributed by atoms with Crippen LogP contribution in [0.1, 0.15) is 35.8 Å². The Bertz CT molecular complexity index is 1810. The van der Waals surface area contributed by atoms with E-state index >= 15 is 0 Å². The molecule has 0 saturated carbocycles. The van der Waals surface area contributed by atoms with Crippen LogP contribution in [-0.4, -0.2) is 113 Å². The van der Waals surface area contributed by atoms with Gasteiger partial charge in [-0.1, -0.05) is 12.1 Å². The van der Waals surface area contributed by atoms with Gasteiger partial charge in [0.25, 0.3) is 5.91 Å². The minimum Gasteiger partial charge on any atom is -0.508 e. The van der Waals surface area contributed by atoms with Gasteiger partial charge in [0.2, 0.25) is 29.6 Å². The first-order valence-corrected chi connectivity index (χ1v) is 15.2. The van der Waals surface area contributed by atoms with Gasteiger partial charge in [0.1, 0.15) is 40.5 Å². The number of carbonyl (C=O) groups is 5. The van der Waals surface area contributed by atoms with Crippen LogP contribution in [0.25, 0.3) is 11.0 Å². The first-order valence-electron chi connectivity index (χ1n) is 14.4. The fraction of sp³-hybridized carbons (Fsp3) is 0.379. The van der Waals surface area contributed by atoms with Crippen molar-refractivity contribution in [3.05, 3.63) is 58.0 Å². The number of benzene rings is 1. The molecule has 46 heavy (non-hydrogen) atoms. The van der Waals surface area contributed by atoms with E-state index in [0.29, 0.717) is 32.1 Å². The molecule has 17 heteroatoms. The van der Waals surface area contributed by atoms with E-state index in [4.69, 9.17) is 0 Å². The van der Waals surface area contributed by atoms with Crippen LogP contribution >= 0.6 is 11.8 Å². The molecule has 0 unspecified atom stereocenters. The number of pyridine rings is 1. The molecule has 0 radical (unpaired) electrons. The number of carboxylic acids is 1. The lowest BCUT2D eigenvalue weighted by atomic mass is 9.95. The summed E-state index contributed by atoms with van der Waals surface area (Å²) < 4.78 is -0.802. The van der Waals surface area contributed by atoms with Gasteiger partial charge in [-0.15, -0.1) is 11.8 Å². The highest BCUT2D eigenvalue weighted by Gasteiger charge is 2.64. The van der Waals surface area contributed by atoms with Gasteiger partial charge >= 0.3 is 5.97 Å². The van der Waals surface area contributed by atoms with Gasteiger partial charge < -0.3 is 40.5 Å². The number of amides is 4. The number of aliphatic carboxylic acids is 1. The van der Waals surface area contributed by atoms with E-state index in [-0.39, 0.29) is 27.9 Å². The number of β-lactam (4-membered cyclic amide) rings is 1. The fourth-order valence-corrected chi connectivity index (χ4v) is 7.53. The number of aromatic hydroxyl groups is 1. The molecule has 1 aromatic carbocycles. The van der Waals surface area contributed by atoms with Crippen molar-refractivity contribution in [3.8, 4) is 5.75 Å². The van der Waals surface area contributed by atoms with Crippen LogP contribution < -0.4 is 21.0 Å². The number of hydrogen-bond acceptors (Lipinski definition) is 11. The van der Waals surface area contributed by atoms with Gasteiger partial charge in [-0.3, -0.25) is 24.0 Å². The summed E-state index contributed by atoms with van der Waals surface area (Å²) in [5.41, 5.74) is -0.539. The molecule has 4 amide bonds. The van der Waals surface area contributed by atoms with Crippen molar-refractivity contribution in [3.63, 3.8) is 0 Å². The second-order valence-electron chi connectivity index (χ2n) is 11.7. The number of H-pyrrole nitrogens is 1. The zero-order valence-electron chi connectivity index (χ0n) is 24.7. The zero-order valence-corrected chi connectivity index (χ0v) is 25.5. The third kappa shape index (κ3) is 5.35. The molecule has 3 aliphatic rings. The van der Waals surface area contributed by atoms with Crippen molar-refractivity contribution in [1.82, 2.24) is 35.4 Å². The second-order valence-corrected chi connectivity index (χ2v) is 13.4. The third-order valence-corrected chi connectivity index (χ3v) is 9.92. The van der Waals surface area contributed by atoms with Gasteiger partial charge in [0, 0.05) is 43.3 Å². The number of aromatic amines is 1. The van der Waals surface area contributed by atoms with E-state index in [9.17, 15) is 39.0 Å². The quantitative estimate of drug-likeness (QED) is 0.153. The Morgan fingerprint density at radius 3 is 2.48 bits per heavy atom. The molecule has 5 heterocycles. The third-order valence-electron chi connectivity index (χ3n) is 8.35. The molecule has 4 atom stereocenters. The van der Waals surface area contributed by atoms with Crippen LogP contribution in [0.5, 0.6) is 5.75 Å². The number of fused-ring (bicyclic) bond motifs is 2. The summed E-state index contributed by atoms with van der Waals surface area (Å²) in [7, 11) is 0. The molecule has 16 nitrogen and oxygen atoms in total. The maximum atomic E-state index is 13.6. The Morgan fingerprint density at radius 2 is 1.83 bits per heavy atom. The molecular weight excluding hydrogens is 620 g/mol. The molecule has 0 spiro atoms. The first-order chi connectivity index (χ1) is 21.9. The molecule has 5 N–H and O–H groups in total. The summed E-state index contributed by atoms with van der Waals surface area (Å²) in [5, 5.41) is 24.1. The van der Waals surface area contributed by atoms with Crippen molar-refractivity contribution in [2.45, 2.75) is 42.1 Å². The van der Waals surface area contributed by atoms with Crippen LogP contribution in [0.15, 0.2) is 41.5 Å². The highest BCUT2D eigenvalue weighted by atomic mass is 32.2. The molecule has 240 valence electrons. The van der Waals surface area contributed by atoms with Gasteiger partial charge in [-0.05, 0) is 31.5 Å². The summed E-state index contributed by atoms with van der Waals surface area (Å²) in [5.74, 6) is -3.09. The minimum atomic E-state index is -1.39. The van der Waals surface area contributed by atoms with Crippen LogP contribution in [0.4, 0.5) is 5.95 Å². The molecule has 3 aliphatic heterocycles. The van der Waals surface area contributed by atoms with E-state index in [1.54, 1.807) is 18.7 Å². The molecule has 2 aromatic heterocycles. The van der Waals surface area contributed by atoms with E-state index in [1.165, 1.54) is 53.3 Å². The van der Waals surface area contributed by atoms with E-state index in [0.717, 1.165) is 6.41 Å². The normalized spacial score (nSPS) is 22.5. The van der Waals surface area contributed by atoms with E-state index in [2.05, 4.69) is 25.6 Å². The number of nitrogens with zero attached hydrogens (tertiary/aromatic N) is 5. The van der Waals surface area contributed by atoms with Crippen molar-refractivity contribution in [1.29, 1.82) is 0 Å². The van der Waals surface area contributed by atoms with Crippen molar-refractivity contribution in [2.75, 3.05) is 31.1 Å². The average Bonchev–Trinajstić information content (AvgIpc) is 3.30. The largest absolute Gasteiger partial charge is 0.508 e. The van der Waals surface area contributed by atoms with Gasteiger partial charge in [-0.25, -0.2) is 9.78 Å². The Labute approximate surface area is 265 Å². The Morgan fingerprint density at radius 1 is 1.13 bits per heavy atom. The van der Waals surface area contributed by atoms with Crippen LogP contribution in [-0.2, 0) is 19.2 Å². The van der Waals surface area contributed by atoms with E-state index < -0.39 is 57.4 Å². The predicted octanol–water partition coefficient (Wildman–Crippen LogP) is -0.595. The molecule has 3 aromatic rings. The highest BCUT2D eigenvalue weighted by molar-refractivity contribution is 8.01. The minimum absolute atomic E-state index is 0.0441. The van der Waals surface area contributed by atoms with Crippen LogP contribution in [0, 0.1) is 0 Å². The fourth-order valence-electron chi connectivity index (χ4n) is 5.91. The molecule has 0 aliphatic carbocycles. The molecule has 3 saturated heterocycles. The Balaban J connectivity index is 1.22. The lowest BCUT2D eigenvalue weighted by molar-refractivity contribution is -0.161. The number of carbonyl (C=O) groups excluding carboxylic acids is 4. The summed E-state index contributed by atoms with van der Waals surface area (Å²) in [6.45, 7) is 5.45. The molecule has 6 rings (SSSR count). The number of thioether (sulfide) groups is 1. The summed E-state index contributed by atoms with van der Waals surface area (Å²) in [6, 6.07) is 1.98. The summed E-state index contributed by atoms with van der Waals surface area (Å²) >= 11 is 1.25. The smallest absolute Gasteiger partial charge is 0.327 e. The van der Waals surface area contributed by atoms with Gasteiger partial charge in [-0.2, -0.15) is 4.98 Å². The van der Waals surface area contributed by atoms with Gasteiger partial charge in [0.05, 0.1) is 5.39 Å². The van der Waals surface area contributed by atoms with E-state index in [1.807, 2.05) is 4.90 Å². The van der Waals surface area contributed by atoms with Crippen molar-refractivity contribution in [2.24, 2.45) is 0 Å². The number of phenolic OH excluding ortho intramolecular Hbond substituents is 1. The number of carboxylic acid groups (broad SMARTS) is 1. The summed E-state index contributed by atoms with van der Waals surface area (Å²) in [4.78, 5) is 92.6. The number of nitrogens with one attached hydrogen (secondary N) is 3. The van der Waals surface area contributed by atoms with Crippen LogP contribution in [0.3, 0.4) is 0 Å². The lowest BCUT2D eigenvalue weighted by Crippen LogP contribution is -2.71. The number of hydrogen-bond donors (Lipinski definition) is 5. The SMILES string of the molecule is CC1(C)S[C@@H]2[C@H](NC(=O)[C@H](NC(=O)c3c[nH]c4nc(N5CCN(C=O)CC5)ncc4c3=O)c3ccc(O)cc3)C(=O)N2[C@H]1C(=O)O. The molecule has 0 bridgehead atoms. The Kier molecular flexibility index (Phi) is 7.79. The average molecular weight is 651 g/mol. The second kappa shape index (κ2) is 11.6. The molecule has 3 fully saturated rings. The Hall–Kier alpha value is -5.19. The predicted molar refractivity (Wildman–Crippen MR) is 164 cm³/mol. The molecular formula is C29H30N8O8S.